The van der Waals surface area contributed by atoms with Gasteiger partial charge in [-0.1, -0.05) is 36.7 Å². The van der Waals surface area contributed by atoms with Crippen LogP contribution < -0.4 is 10.2 Å². The van der Waals surface area contributed by atoms with Crippen molar-refractivity contribution in [2.24, 2.45) is 0 Å². The lowest BCUT2D eigenvalue weighted by molar-refractivity contribution is -0.117. The number of nitrogens with one attached hydrogen (secondary N) is 1. The topological polar surface area (TPSA) is 49.4 Å². The number of para-hydroxylation sites is 1. The minimum Gasteiger partial charge on any atom is -0.322 e. The Kier molecular flexibility index (Phi) is 4.86. The molecule has 5 heteroatoms. The summed E-state index contributed by atoms with van der Waals surface area (Å²) in [5.74, 6) is -0.161. The highest BCUT2D eigenvalue weighted by Crippen LogP contribution is 2.30. The molecule has 1 N–H and O–H groups in total. The molecule has 0 aliphatic carbocycles. The minimum absolute atomic E-state index is 0.0470. The molecule has 1 fully saturated rings. The summed E-state index contributed by atoms with van der Waals surface area (Å²) in [5.41, 5.74) is 2.98. The first-order valence-corrected chi connectivity index (χ1v) is 8.47. The van der Waals surface area contributed by atoms with Gasteiger partial charge in [-0.15, -0.1) is 0 Å². The first kappa shape index (κ1) is 16.5. The van der Waals surface area contributed by atoms with Crippen LogP contribution in [0.5, 0.6) is 0 Å². The number of hydrogen-bond donors (Lipinski definition) is 1. The molecular formula is C19H19ClN2O2. The van der Waals surface area contributed by atoms with E-state index in [2.05, 4.69) is 5.32 Å². The smallest absolute Gasteiger partial charge is 0.255 e. The normalized spacial score (nSPS) is 14.1. The van der Waals surface area contributed by atoms with Gasteiger partial charge in [0.25, 0.3) is 5.91 Å². The van der Waals surface area contributed by atoms with Crippen LogP contribution in [0.1, 0.15) is 35.7 Å². The fourth-order valence-corrected chi connectivity index (χ4v) is 3.13. The molecule has 0 radical (unpaired) electrons. The summed E-state index contributed by atoms with van der Waals surface area (Å²) in [6.45, 7) is 2.69. The number of halogens is 1. The van der Waals surface area contributed by atoms with Crippen LogP contribution >= 0.6 is 11.6 Å². The molecule has 2 aromatic rings. The van der Waals surface area contributed by atoms with Gasteiger partial charge in [0, 0.05) is 24.2 Å². The Morgan fingerprint density at radius 2 is 2.04 bits per heavy atom. The maximum absolute atomic E-state index is 12.6. The van der Waals surface area contributed by atoms with E-state index >= 15 is 0 Å². The molecule has 2 aromatic carbocycles. The molecule has 3 rings (SSSR count). The molecule has 0 aromatic heterocycles. The van der Waals surface area contributed by atoms with Crippen molar-refractivity contribution in [3.63, 3.8) is 0 Å². The van der Waals surface area contributed by atoms with Crippen molar-refractivity contribution in [2.45, 2.75) is 26.2 Å². The second-order valence-electron chi connectivity index (χ2n) is 5.78. The Morgan fingerprint density at radius 1 is 1.25 bits per heavy atom. The Morgan fingerprint density at radius 3 is 2.75 bits per heavy atom. The molecule has 1 saturated heterocycles. The quantitative estimate of drug-likeness (QED) is 0.901. The fraction of sp³-hybridized carbons (Fsp3) is 0.263. The van der Waals surface area contributed by atoms with Crippen molar-refractivity contribution in [3.8, 4) is 0 Å². The third-order valence-corrected chi connectivity index (χ3v) is 4.54. The predicted molar refractivity (Wildman–Crippen MR) is 96.8 cm³/mol. The Labute approximate surface area is 146 Å². The van der Waals surface area contributed by atoms with Gasteiger partial charge in [-0.3, -0.25) is 9.59 Å². The average Bonchev–Trinajstić information content (AvgIpc) is 3.01. The molecule has 1 aliphatic rings. The number of anilines is 2. The average molecular weight is 343 g/mol. The Hall–Kier alpha value is -2.33. The number of carbonyl (C=O) groups is 2. The second-order valence-corrected chi connectivity index (χ2v) is 6.19. The third kappa shape index (κ3) is 3.29. The van der Waals surface area contributed by atoms with Crippen LogP contribution in [0.3, 0.4) is 0 Å². The van der Waals surface area contributed by atoms with Gasteiger partial charge < -0.3 is 10.2 Å². The van der Waals surface area contributed by atoms with Crippen LogP contribution in [0.4, 0.5) is 11.4 Å². The van der Waals surface area contributed by atoms with E-state index in [9.17, 15) is 9.59 Å². The molecule has 0 spiro atoms. The van der Waals surface area contributed by atoms with E-state index in [1.165, 1.54) is 0 Å². The predicted octanol–water partition coefficient (Wildman–Crippen LogP) is 4.28. The van der Waals surface area contributed by atoms with Gasteiger partial charge in [-0.25, -0.2) is 0 Å². The maximum Gasteiger partial charge on any atom is 0.255 e. The molecule has 0 unspecified atom stereocenters. The number of benzene rings is 2. The molecule has 4 nitrogen and oxygen atoms in total. The van der Waals surface area contributed by atoms with E-state index in [4.69, 9.17) is 11.6 Å². The summed E-state index contributed by atoms with van der Waals surface area (Å²) in [7, 11) is 0. The molecule has 124 valence electrons. The van der Waals surface area contributed by atoms with Crippen molar-refractivity contribution >= 4 is 34.8 Å². The van der Waals surface area contributed by atoms with Gasteiger partial charge in [-0.2, -0.15) is 0 Å². The monoisotopic (exact) mass is 342 g/mol. The highest BCUT2D eigenvalue weighted by Gasteiger charge is 2.24. The van der Waals surface area contributed by atoms with Crippen LogP contribution in [-0.4, -0.2) is 18.4 Å². The van der Waals surface area contributed by atoms with Crippen molar-refractivity contribution in [2.75, 3.05) is 16.8 Å². The number of carbonyl (C=O) groups excluding carboxylic acids is 2. The molecule has 1 heterocycles. The van der Waals surface area contributed by atoms with E-state index < -0.39 is 0 Å². The Balaban J connectivity index is 1.86. The molecule has 2 amide bonds. The largest absolute Gasteiger partial charge is 0.322 e. The molecule has 0 atom stereocenters. The van der Waals surface area contributed by atoms with Crippen molar-refractivity contribution < 1.29 is 9.59 Å². The summed E-state index contributed by atoms with van der Waals surface area (Å²) in [6, 6.07) is 12.8. The zero-order valence-corrected chi connectivity index (χ0v) is 14.3. The van der Waals surface area contributed by atoms with E-state index in [1.54, 1.807) is 23.1 Å². The van der Waals surface area contributed by atoms with E-state index in [1.807, 2.05) is 31.2 Å². The molecule has 0 bridgehead atoms. The lowest BCUT2D eigenvalue weighted by Crippen LogP contribution is -2.24. The summed E-state index contributed by atoms with van der Waals surface area (Å²) in [5, 5.41) is 3.42. The van der Waals surface area contributed by atoms with Gasteiger partial charge in [0.15, 0.2) is 0 Å². The van der Waals surface area contributed by atoms with Gasteiger partial charge in [0.1, 0.15) is 0 Å². The SMILES string of the molecule is CCc1ccccc1NC(=O)c1ccc(Cl)c(N2CCCC2=O)c1. The van der Waals surface area contributed by atoms with Crippen LogP contribution in [0.15, 0.2) is 42.5 Å². The number of rotatable bonds is 4. The fourth-order valence-electron chi connectivity index (χ4n) is 2.91. The summed E-state index contributed by atoms with van der Waals surface area (Å²) in [6.07, 6.45) is 2.18. The standard InChI is InChI=1S/C19H19ClN2O2/c1-2-13-6-3-4-7-16(13)21-19(24)14-9-10-15(20)17(12-14)22-11-5-8-18(22)23/h3-4,6-7,9-10,12H,2,5,8,11H2,1H3,(H,21,24). The van der Waals surface area contributed by atoms with E-state index in [-0.39, 0.29) is 11.8 Å². The number of aryl methyl sites for hydroxylation is 1. The highest BCUT2D eigenvalue weighted by molar-refractivity contribution is 6.34. The lowest BCUT2D eigenvalue weighted by Gasteiger charge is -2.18. The van der Waals surface area contributed by atoms with Gasteiger partial charge in [0.2, 0.25) is 5.91 Å². The van der Waals surface area contributed by atoms with Crippen LogP contribution in [0.25, 0.3) is 0 Å². The third-order valence-electron chi connectivity index (χ3n) is 4.22. The maximum atomic E-state index is 12.6. The van der Waals surface area contributed by atoms with Crippen LogP contribution in [0.2, 0.25) is 5.02 Å². The highest BCUT2D eigenvalue weighted by atomic mass is 35.5. The Bertz CT molecular complexity index is 789. The van der Waals surface area contributed by atoms with Crippen LogP contribution in [-0.2, 0) is 11.2 Å². The van der Waals surface area contributed by atoms with E-state index in [0.717, 1.165) is 24.1 Å². The van der Waals surface area contributed by atoms with Gasteiger partial charge in [-0.05, 0) is 42.7 Å². The van der Waals surface area contributed by atoms with Gasteiger partial charge >= 0.3 is 0 Å². The first-order chi connectivity index (χ1) is 11.6. The number of amides is 2. The zero-order chi connectivity index (χ0) is 17.1. The summed E-state index contributed by atoms with van der Waals surface area (Å²) < 4.78 is 0. The molecule has 0 saturated carbocycles. The van der Waals surface area contributed by atoms with Crippen molar-refractivity contribution in [1.29, 1.82) is 0 Å². The first-order valence-electron chi connectivity index (χ1n) is 8.09. The molecular weight excluding hydrogens is 324 g/mol. The number of nitrogens with zero attached hydrogens (tertiary/aromatic N) is 1. The second kappa shape index (κ2) is 7.05. The van der Waals surface area contributed by atoms with E-state index in [0.29, 0.717) is 29.2 Å². The molecule has 24 heavy (non-hydrogen) atoms. The van der Waals surface area contributed by atoms with Gasteiger partial charge in [0.05, 0.1) is 10.7 Å². The lowest BCUT2D eigenvalue weighted by atomic mass is 10.1. The van der Waals surface area contributed by atoms with Crippen molar-refractivity contribution in [1.82, 2.24) is 0 Å². The van der Waals surface area contributed by atoms with Crippen molar-refractivity contribution in [3.05, 3.63) is 58.6 Å². The summed E-state index contributed by atoms with van der Waals surface area (Å²) in [4.78, 5) is 26.2. The number of hydrogen-bond acceptors (Lipinski definition) is 2. The zero-order valence-electron chi connectivity index (χ0n) is 13.5. The summed E-state index contributed by atoms with van der Waals surface area (Å²) >= 11 is 6.23. The minimum atomic E-state index is -0.208. The van der Waals surface area contributed by atoms with Crippen LogP contribution in [0, 0.1) is 0 Å². The molecule has 1 aliphatic heterocycles.